The predicted octanol–water partition coefficient (Wildman–Crippen LogP) is -0.0313. The van der Waals surface area contributed by atoms with Gasteiger partial charge in [-0.05, 0) is 18.4 Å². The standard InChI is InChI=1S/C19H18N2O9/c20-18(27)12-8-1-2-10(21(29)30)15(24)13(8)16(25)14-9(12)4-6-3-7(22)5-11(23)19(6,28)17(14)26/h1-2,6-7,9,12,22,24,26,28H,3-5H2,(H2,20,27). The molecule has 0 heterocycles. The minimum absolute atomic E-state index is 0.0368. The number of carbonyl (C=O) groups excluding carboxylic acids is 3. The van der Waals surface area contributed by atoms with Crippen LogP contribution in [0.5, 0.6) is 5.75 Å². The SMILES string of the molecule is NC(=O)C1c2ccc([N+](=O)[O-])c(O)c2C(=O)C2=C(O)C3(O)C(=O)CC(O)CC3CC21. The molecule has 11 heteroatoms. The lowest BCUT2D eigenvalue weighted by atomic mass is 9.57. The number of aliphatic hydroxyl groups is 3. The number of hydrogen-bond donors (Lipinski definition) is 5. The Morgan fingerprint density at radius 3 is 2.50 bits per heavy atom. The summed E-state index contributed by atoms with van der Waals surface area (Å²) in [4.78, 5) is 48.2. The highest BCUT2D eigenvalue weighted by molar-refractivity contribution is 6.16. The van der Waals surface area contributed by atoms with E-state index in [1.807, 2.05) is 0 Å². The number of Topliss-reactive ketones (excluding diaryl/α,β-unsaturated/α-hetero) is 2. The molecule has 1 saturated carbocycles. The van der Waals surface area contributed by atoms with Crippen LogP contribution in [0.2, 0.25) is 0 Å². The number of ketones is 2. The molecule has 0 spiro atoms. The first-order chi connectivity index (χ1) is 14.0. The number of hydrogen-bond acceptors (Lipinski definition) is 9. The summed E-state index contributed by atoms with van der Waals surface area (Å²) in [7, 11) is 0. The summed E-state index contributed by atoms with van der Waals surface area (Å²) >= 11 is 0. The maximum absolute atomic E-state index is 13.2. The lowest BCUT2D eigenvalue weighted by Crippen LogP contribution is -2.58. The lowest BCUT2D eigenvalue weighted by molar-refractivity contribution is -0.385. The summed E-state index contributed by atoms with van der Waals surface area (Å²) in [5.41, 5.74) is 1.23. The third kappa shape index (κ3) is 2.42. The van der Waals surface area contributed by atoms with Gasteiger partial charge >= 0.3 is 5.69 Å². The van der Waals surface area contributed by atoms with E-state index in [1.165, 1.54) is 0 Å². The van der Waals surface area contributed by atoms with E-state index in [9.17, 15) is 44.9 Å². The molecule has 0 aromatic heterocycles. The second-order valence-corrected chi connectivity index (χ2v) is 7.95. The minimum atomic E-state index is -2.43. The number of nitro groups is 1. The molecule has 1 fully saturated rings. The molecule has 5 unspecified atom stereocenters. The van der Waals surface area contributed by atoms with Crippen molar-refractivity contribution >= 4 is 23.2 Å². The van der Waals surface area contributed by atoms with Crippen LogP contribution in [0.1, 0.15) is 41.1 Å². The van der Waals surface area contributed by atoms with Gasteiger partial charge < -0.3 is 26.2 Å². The zero-order chi connectivity index (χ0) is 22.1. The number of phenolic OH excluding ortho intramolecular Hbond substituents is 1. The highest BCUT2D eigenvalue weighted by Crippen LogP contribution is 2.55. The van der Waals surface area contributed by atoms with Gasteiger partial charge in [0.25, 0.3) is 0 Å². The number of allylic oxidation sites excluding steroid dienone is 1. The molecule has 0 radical (unpaired) electrons. The third-order valence-electron chi connectivity index (χ3n) is 6.42. The molecule has 3 aliphatic carbocycles. The summed E-state index contributed by atoms with van der Waals surface area (Å²) < 4.78 is 0. The molecule has 0 aliphatic heterocycles. The topological polar surface area (TPSA) is 201 Å². The maximum atomic E-state index is 13.2. The monoisotopic (exact) mass is 418 g/mol. The molecule has 30 heavy (non-hydrogen) atoms. The van der Waals surface area contributed by atoms with Gasteiger partial charge in [-0.3, -0.25) is 24.5 Å². The van der Waals surface area contributed by atoms with E-state index >= 15 is 0 Å². The van der Waals surface area contributed by atoms with Crippen molar-refractivity contribution in [3.63, 3.8) is 0 Å². The van der Waals surface area contributed by atoms with Crippen molar-refractivity contribution in [3.05, 3.63) is 44.7 Å². The van der Waals surface area contributed by atoms with Crippen LogP contribution in [0.15, 0.2) is 23.5 Å². The number of benzene rings is 1. The molecule has 1 aromatic carbocycles. The molecule has 0 saturated heterocycles. The normalized spacial score (nSPS) is 32.9. The molecular weight excluding hydrogens is 400 g/mol. The molecule has 11 nitrogen and oxygen atoms in total. The number of carbonyl (C=O) groups is 3. The number of rotatable bonds is 2. The third-order valence-corrected chi connectivity index (χ3v) is 6.42. The van der Waals surface area contributed by atoms with E-state index in [0.717, 1.165) is 12.1 Å². The Morgan fingerprint density at radius 1 is 1.23 bits per heavy atom. The first-order valence-corrected chi connectivity index (χ1v) is 9.21. The molecular formula is C19H18N2O9. The van der Waals surface area contributed by atoms with E-state index in [-0.39, 0.29) is 18.4 Å². The smallest absolute Gasteiger partial charge is 0.311 e. The fourth-order valence-corrected chi connectivity index (χ4v) is 5.10. The molecule has 4 rings (SSSR count). The summed E-state index contributed by atoms with van der Waals surface area (Å²) in [6, 6.07) is 2.09. The second-order valence-electron chi connectivity index (χ2n) is 7.95. The summed E-state index contributed by atoms with van der Waals surface area (Å²) in [5, 5.41) is 53.2. The summed E-state index contributed by atoms with van der Waals surface area (Å²) in [5.74, 6) is -8.04. The van der Waals surface area contributed by atoms with Crippen LogP contribution in [-0.2, 0) is 9.59 Å². The van der Waals surface area contributed by atoms with Gasteiger partial charge in [-0.2, -0.15) is 0 Å². The summed E-state index contributed by atoms with van der Waals surface area (Å²) in [6.45, 7) is 0. The number of fused-ring (bicyclic) bond motifs is 3. The van der Waals surface area contributed by atoms with E-state index in [0.29, 0.717) is 0 Å². The maximum Gasteiger partial charge on any atom is 0.311 e. The van der Waals surface area contributed by atoms with Gasteiger partial charge in [-0.25, -0.2) is 0 Å². The van der Waals surface area contributed by atoms with Crippen LogP contribution in [-0.4, -0.2) is 54.5 Å². The van der Waals surface area contributed by atoms with Crippen molar-refractivity contribution < 1.29 is 39.7 Å². The lowest BCUT2D eigenvalue weighted by Gasteiger charge is -2.48. The zero-order valence-electron chi connectivity index (χ0n) is 15.4. The van der Waals surface area contributed by atoms with Gasteiger partial charge in [0.15, 0.2) is 17.2 Å². The largest absolute Gasteiger partial charge is 0.508 e. The van der Waals surface area contributed by atoms with Crippen LogP contribution in [0.3, 0.4) is 0 Å². The average Bonchev–Trinajstić information content (AvgIpc) is 2.64. The van der Waals surface area contributed by atoms with Crippen molar-refractivity contribution in [2.45, 2.75) is 36.9 Å². The van der Waals surface area contributed by atoms with Gasteiger partial charge in [0.1, 0.15) is 5.76 Å². The van der Waals surface area contributed by atoms with Crippen molar-refractivity contribution in [2.75, 3.05) is 0 Å². The minimum Gasteiger partial charge on any atom is -0.508 e. The summed E-state index contributed by atoms with van der Waals surface area (Å²) in [6.07, 6.45) is -1.65. The molecule has 158 valence electrons. The Balaban J connectivity index is 2.00. The molecule has 0 bridgehead atoms. The average molecular weight is 418 g/mol. The van der Waals surface area contributed by atoms with Gasteiger partial charge in [0.2, 0.25) is 11.7 Å². The quantitative estimate of drug-likeness (QED) is 0.323. The van der Waals surface area contributed by atoms with Crippen LogP contribution < -0.4 is 5.73 Å². The molecule has 3 aliphatic rings. The van der Waals surface area contributed by atoms with Gasteiger partial charge in [-0.1, -0.05) is 6.07 Å². The van der Waals surface area contributed by atoms with E-state index in [2.05, 4.69) is 0 Å². The van der Waals surface area contributed by atoms with Crippen LogP contribution in [0.4, 0.5) is 5.69 Å². The van der Waals surface area contributed by atoms with Crippen molar-refractivity contribution in [1.29, 1.82) is 0 Å². The number of primary amides is 1. The number of nitro benzene ring substituents is 1. The Bertz CT molecular complexity index is 1060. The first-order valence-electron chi connectivity index (χ1n) is 9.21. The molecule has 5 atom stereocenters. The van der Waals surface area contributed by atoms with Crippen LogP contribution in [0.25, 0.3) is 0 Å². The van der Waals surface area contributed by atoms with E-state index in [1.54, 1.807) is 0 Å². The number of aliphatic hydroxyl groups excluding tert-OH is 2. The Labute approximate surface area is 168 Å². The van der Waals surface area contributed by atoms with Crippen LogP contribution >= 0.6 is 0 Å². The van der Waals surface area contributed by atoms with Gasteiger partial charge in [0.05, 0.1) is 22.5 Å². The Hall–Kier alpha value is -3.31. The van der Waals surface area contributed by atoms with Gasteiger partial charge in [-0.15, -0.1) is 0 Å². The zero-order valence-corrected chi connectivity index (χ0v) is 15.4. The first kappa shape index (κ1) is 20.0. The molecule has 1 amide bonds. The van der Waals surface area contributed by atoms with E-state index < -0.39 is 86.6 Å². The van der Waals surface area contributed by atoms with Crippen LogP contribution in [0, 0.1) is 22.0 Å². The number of aromatic hydroxyl groups is 1. The highest BCUT2D eigenvalue weighted by atomic mass is 16.6. The Morgan fingerprint density at radius 2 is 1.90 bits per heavy atom. The molecule has 1 aromatic rings. The van der Waals surface area contributed by atoms with Gasteiger partial charge in [0, 0.05) is 29.9 Å². The van der Waals surface area contributed by atoms with E-state index in [4.69, 9.17) is 5.73 Å². The fraction of sp³-hybridized carbons (Fsp3) is 0.421. The number of nitrogens with zero attached hydrogens (tertiary/aromatic N) is 1. The molecule has 6 N–H and O–H groups in total. The number of phenols is 1. The van der Waals surface area contributed by atoms with Crippen molar-refractivity contribution in [2.24, 2.45) is 17.6 Å². The fourth-order valence-electron chi connectivity index (χ4n) is 5.10. The second kappa shape index (κ2) is 6.34. The van der Waals surface area contributed by atoms with Crippen molar-refractivity contribution in [1.82, 2.24) is 0 Å². The number of nitrogens with two attached hydrogens (primary N) is 1. The highest BCUT2D eigenvalue weighted by Gasteiger charge is 2.60. The Kier molecular flexibility index (Phi) is 4.22. The number of amides is 1. The van der Waals surface area contributed by atoms with Crippen molar-refractivity contribution in [3.8, 4) is 5.75 Å². The predicted molar refractivity (Wildman–Crippen MR) is 97.5 cm³/mol.